The molecule has 1 aromatic carbocycles. The fourth-order valence-electron chi connectivity index (χ4n) is 1.83. The Bertz CT molecular complexity index is 603. The fourth-order valence-corrected chi connectivity index (χ4v) is 1.83. The minimum absolute atomic E-state index is 0.144. The summed E-state index contributed by atoms with van der Waals surface area (Å²) in [6.45, 7) is 4.75. The number of hydrogen-bond donors (Lipinski definition) is 1. The Morgan fingerprint density at radius 3 is 2.52 bits per heavy atom. The van der Waals surface area contributed by atoms with Crippen LogP contribution in [0.25, 0.3) is 0 Å². The van der Waals surface area contributed by atoms with Crippen LogP contribution in [0.4, 0.5) is 8.78 Å². The lowest BCUT2D eigenvalue weighted by Crippen LogP contribution is -2.21. The van der Waals surface area contributed by atoms with E-state index in [1.54, 1.807) is 6.07 Å². The summed E-state index contributed by atoms with van der Waals surface area (Å²) in [5, 5.41) is 3.22. The van der Waals surface area contributed by atoms with Gasteiger partial charge in [-0.3, -0.25) is 4.98 Å². The van der Waals surface area contributed by atoms with Crippen LogP contribution in [0.15, 0.2) is 36.7 Å². The molecule has 0 fully saturated rings. The monoisotopic (exact) mass is 292 g/mol. The number of nitrogens with one attached hydrogen (secondary N) is 1. The minimum Gasteiger partial charge on any atom is -0.489 e. The highest BCUT2D eigenvalue weighted by Gasteiger charge is 2.04. The Balaban J connectivity index is 2.02. The number of pyridine rings is 1. The Morgan fingerprint density at radius 2 is 1.81 bits per heavy atom. The van der Waals surface area contributed by atoms with Crippen LogP contribution in [0.3, 0.4) is 0 Å². The molecule has 0 aliphatic heterocycles. The topological polar surface area (TPSA) is 34.1 Å². The number of aromatic nitrogens is 1. The predicted molar refractivity (Wildman–Crippen MR) is 76.9 cm³/mol. The van der Waals surface area contributed by atoms with Crippen molar-refractivity contribution in [3.63, 3.8) is 0 Å². The lowest BCUT2D eigenvalue weighted by Gasteiger charge is -2.11. The van der Waals surface area contributed by atoms with Crippen LogP contribution >= 0.6 is 0 Å². The van der Waals surface area contributed by atoms with E-state index in [1.807, 2.05) is 13.8 Å². The van der Waals surface area contributed by atoms with E-state index in [0.29, 0.717) is 23.9 Å². The molecule has 0 saturated heterocycles. The smallest absolute Gasteiger partial charge is 0.141 e. The second kappa shape index (κ2) is 7.13. The van der Waals surface area contributed by atoms with E-state index in [0.717, 1.165) is 11.8 Å². The number of benzene rings is 1. The van der Waals surface area contributed by atoms with Crippen LogP contribution in [0, 0.1) is 11.6 Å². The Hall–Kier alpha value is -2.01. The molecule has 0 spiro atoms. The van der Waals surface area contributed by atoms with E-state index in [9.17, 15) is 8.78 Å². The first-order chi connectivity index (χ1) is 10.0. The maximum absolute atomic E-state index is 13.6. The van der Waals surface area contributed by atoms with Crippen molar-refractivity contribution in [1.82, 2.24) is 10.3 Å². The second-order valence-corrected chi connectivity index (χ2v) is 5.13. The lowest BCUT2D eigenvalue weighted by atomic mass is 10.2. The normalized spacial score (nSPS) is 10.9. The lowest BCUT2D eigenvalue weighted by molar-refractivity contribution is 0.303. The predicted octanol–water partition coefficient (Wildman–Crippen LogP) is 3.44. The molecular weight excluding hydrogens is 274 g/mol. The average molecular weight is 292 g/mol. The number of rotatable bonds is 6. The van der Waals surface area contributed by atoms with Crippen molar-refractivity contribution in [2.45, 2.75) is 33.0 Å². The molecule has 0 aliphatic carbocycles. The van der Waals surface area contributed by atoms with Crippen LogP contribution in [0.1, 0.15) is 25.0 Å². The quantitative estimate of drug-likeness (QED) is 0.885. The maximum atomic E-state index is 13.6. The first kappa shape index (κ1) is 15.4. The van der Waals surface area contributed by atoms with Gasteiger partial charge in [-0.05, 0) is 23.8 Å². The number of ether oxygens (including phenoxy) is 1. The molecule has 21 heavy (non-hydrogen) atoms. The van der Waals surface area contributed by atoms with Crippen molar-refractivity contribution in [3.05, 3.63) is 59.4 Å². The molecule has 0 unspecified atom stereocenters. The van der Waals surface area contributed by atoms with E-state index in [1.165, 1.54) is 24.4 Å². The highest BCUT2D eigenvalue weighted by Crippen LogP contribution is 2.18. The summed E-state index contributed by atoms with van der Waals surface area (Å²) in [7, 11) is 0. The Morgan fingerprint density at radius 1 is 1.05 bits per heavy atom. The molecule has 0 bridgehead atoms. The van der Waals surface area contributed by atoms with Crippen LogP contribution < -0.4 is 10.1 Å². The van der Waals surface area contributed by atoms with Crippen LogP contribution in [0.2, 0.25) is 0 Å². The first-order valence-corrected chi connectivity index (χ1v) is 6.78. The molecule has 0 amide bonds. The van der Waals surface area contributed by atoms with E-state index < -0.39 is 5.82 Å². The molecule has 1 aromatic heterocycles. The molecule has 5 heteroatoms. The van der Waals surface area contributed by atoms with E-state index in [2.05, 4.69) is 10.3 Å². The van der Waals surface area contributed by atoms with Gasteiger partial charge in [0, 0.05) is 30.4 Å². The standard InChI is InChI=1S/C16H18F2N2O/c1-11(2)20-8-12-3-14(17)6-16(5-12)21-10-13-4-15(18)9-19-7-13/h3-7,9,11,20H,8,10H2,1-2H3. The van der Waals surface area contributed by atoms with Crippen LogP contribution in [0.5, 0.6) is 5.75 Å². The number of halogens is 2. The molecule has 0 aliphatic rings. The highest BCUT2D eigenvalue weighted by molar-refractivity contribution is 5.30. The van der Waals surface area contributed by atoms with E-state index in [-0.39, 0.29) is 12.4 Å². The number of nitrogens with zero attached hydrogens (tertiary/aromatic N) is 1. The third-order valence-corrected chi connectivity index (χ3v) is 2.81. The van der Waals surface area contributed by atoms with Crippen molar-refractivity contribution < 1.29 is 13.5 Å². The third-order valence-electron chi connectivity index (χ3n) is 2.81. The zero-order chi connectivity index (χ0) is 15.2. The van der Waals surface area contributed by atoms with Gasteiger partial charge in [0.15, 0.2) is 0 Å². The SMILES string of the molecule is CC(C)NCc1cc(F)cc(OCc2cncc(F)c2)c1. The first-order valence-electron chi connectivity index (χ1n) is 6.78. The zero-order valence-electron chi connectivity index (χ0n) is 12.1. The Kier molecular flexibility index (Phi) is 5.22. The van der Waals surface area contributed by atoms with Gasteiger partial charge in [0.1, 0.15) is 24.0 Å². The largest absolute Gasteiger partial charge is 0.489 e. The van der Waals surface area contributed by atoms with Gasteiger partial charge >= 0.3 is 0 Å². The molecule has 0 atom stereocenters. The van der Waals surface area contributed by atoms with Crippen molar-refractivity contribution in [1.29, 1.82) is 0 Å². The van der Waals surface area contributed by atoms with Gasteiger partial charge < -0.3 is 10.1 Å². The molecule has 0 radical (unpaired) electrons. The summed E-state index contributed by atoms with van der Waals surface area (Å²) in [4.78, 5) is 3.74. The Labute approximate surface area is 123 Å². The summed E-state index contributed by atoms with van der Waals surface area (Å²) >= 11 is 0. The molecule has 2 aromatic rings. The van der Waals surface area contributed by atoms with Gasteiger partial charge in [-0.1, -0.05) is 13.8 Å². The highest BCUT2D eigenvalue weighted by atomic mass is 19.1. The second-order valence-electron chi connectivity index (χ2n) is 5.13. The molecule has 3 nitrogen and oxygen atoms in total. The van der Waals surface area contributed by atoms with Gasteiger partial charge in [0.05, 0.1) is 6.20 Å². The summed E-state index contributed by atoms with van der Waals surface area (Å²) in [6.07, 6.45) is 2.64. The van der Waals surface area contributed by atoms with Gasteiger partial charge in [-0.25, -0.2) is 8.78 Å². The van der Waals surface area contributed by atoms with Gasteiger partial charge in [-0.2, -0.15) is 0 Å². The molecule has 112 valence electrons. The molecule has 1 heterocycles. The summed E-state index contributed by atoms with van der Waals surface area (Å²) in [5.74, 6) is -0.359. The van der Waals surface area contributed by atoms with Gasteiger partial charge in [-0.15, -0.1) is 0 Å². The van der Waals surface area contributed by atoms with Crippen LogP contribution in [-0.2, 0) is 13.2 Å². The maximum Gasteiger partial charge on any atom is 0.141 e. The van der Waals surface area contributed by atoms with Crippen molar-refractivity contribution >= 4 is 0 Å². The summed E-state index contributed by atoms with van der Waals surface area (Å²) in [5.41, 5.74) is 1.40. The summed E-state index contributed by atoms with van der Waals surface area (Å²) < 4.78 is 32.1. The molecule has 2 rings (SSSR count). The minimum atomic E-state index is -0.419. The van der Waals surface area contributed by atoms with E-state index >= 15 is 0 Å². The van der Waals surface area contributed by atoms with Crippen molar-refractivity contribution in [2.75, 3.05) is 0 Å². The third kappa shape index (κ3) is 5.11. The van der Waals surface area contributed by atoms with Crippen LogP contribution in [-0.4, -0.2) is 11.0 Å². The van der Waals surface area contributed by atoms with Gasteiger partial charge in [0.2, 0.25) is 0 Å². The molecular formula is C16H18F2N2O. The fraction of sp³-hybridized carbons (Fsp3) is 0.312. The van der Waals surface area contributed by atoms with Crippen molar-refractivity contribution in [3.8, 4) is 5.75 Å². The van der Waals surface area contributed by atoms with E-state index in [4.69, 9.17) is 4.74 Å². The molecule has 1 N–H and O–H groups in total. The molecule has 0 saturated carbocycles. The van der Waals surface area contributed by atoms with Crippen molar-refractivity contribution in [2.24, 2.45) is 0 Å². The van der Waals surface area contributed by atoms with Gasteiger partial charge in [0.25, 0.3) is 0 Å². The zero-order valence-corrected chi connectivity index (χ0v) is 12.1. The number of hydrogen-bond acceptors (Lipinski definition) is 3. The average Bonchev–Trinajstić information content (AvgIpc) is 2.43. The summed E-state index contributed by atoms with van der Waals surface area (Å²) in [6, 6.07) is 6.20.